The molecule has 188 valence electrons. The maximum atomic E-state index is 12.4. The van der Waals surface area contributed by atoms with Gasteiger partial charge in [-0.3, -0.25) is 4.79 Å². The monoisotopic (exact) mass is 490 g/mol. The average Bonchev–Trinajstić information content (AvgIpc) is 2.90. The molecule has 3 N–H and O–H groups in total. The molecule has 0 unspecified atom stereocenters. The minimum atomic E-state index is -0.160. The Morgan fingerprint density at radius 2 is 1.22 bits per heavy atom. The number of anilines is 2. The summed E-state index contributed by atoms with van der Waals surface area (Å²) in [5.74, 6) is 2.52. The summed E-state index contributed by atoms with van der Waals surface area (Å²) < 4.78 is 27.3. The Labute approximate surface area is 210 Å². The van der Waals surface area contributed by atoms with Gasteiger partial charge in [0.15, 0.2) is 28.8 Å². The van der Waals surface area contributed by atoms with Crippen molar-refractivity contribution in [2.75, 3.05) is 46.6 Å². The Morgan fingerprint density at radius 1 is 0.722 bits per heavy atom. The van der Waals surface area contributed by atoms with Crippen molar-refractivity contribution in [2.24, 2.45) is 0 Å². The van der Waals surface area contributed by atoms with E-state index in [1.165, 1.54) is 6.08 Å². The third-order valence-electron chi connectivity index (χ3n) is 5.33. The molecule has 0 fully saturated rings. The zero-order valence-electron chi connectivity index (χ0n) is 21.0. The summed E-state index contributed by atoms with van der Waals surface area (Å²) in [7, 11) is 7.82. The molecular weight excluding hydrogens is 460 g/mol. The molecule has 0 radical (unpaired) electrons. The molecule has 3 aromatic rings. The number of nitrogens with one attached hydrogen (secondary N) is 1. The number of hydrogen-bond donors (Lipinski definition) is 2. The Morgan fingerprint density at radius 3 is 1.72 bits per heavy atom. The maximum absolute atomic E-state index is 12.4. The first-order chi connectivity index (χ1) is 17.4. The lowest BCUT2D eigenvalue weighted by Gasteiger charge is -2.14. The van der Waals surface area contributed by atoms with Gasteiger partial charge in [-0.2, -0.15) is 0 Å². The lowest BCUT2D eigenvalue weighted by molar-refractivity contribution is 0.104. The van der Waals surface area contributed by atoms with E-state index in [1.54, 1.807) is 66.0 Å². The number of allylic oxidation sites excluding steroid dienone is 1. The highest BCUT2D eigenvalue weighted by Gasteiger charge is 2.13. The van der Waals surface area contributed by atoms with Crippen LogP contribution in [0.25, 0.3) is 12.2 Å². The number of carbonyl (C=O) groups excluding carboxylic acids is 1. The van der Waals surface area contributed by atoms with Crippen molar-refractivity contribution >= 4 is 29.3 Å². The third kappa shape index (κ3) is 6.09. The lowest BCUT2D eigenvalue weighted by Crippen LogP contribution is -2.00. The minimum absolute atomic E-state index is 0.160. The predicted octanol–water partition coefficient (Wildman–Crippen LogP) is 5.29. The molecule has 3 rings (SSSR count). The van der Waals surface area contributed by atoms with Crippen LogP contribution < -0.4 is 34.7 Å². The van der Waals surface area contributed by atoms with Crippen molar-refractivity contribution in [3.05, 3.63) is 77.5 Å². The number of methoxy groups -OCH3 is 5. The molecule has 0 bridgehead atoms. The fraction of sp³-hybridized carbons (Fsp3) is 0.179. The van der Waals surface area contributed by atoms with Gasteiger partial charge in [0, 0.05) is 23.5 Å². The second kappa shape index (κ2) is 12.2. The van der Waals surface area contributed by atoms with Crippen molar-refractivity contribution in [1.82, 2.24) is 0 Å². The number of rotatable bonds is 11. The van der Waals surface area contributed by atoms with E-state index in [2.05, 4.69) is 5.32 Å². The Hall–Kier alpha value is -4.59. The van der Waals surface area contributed by atoms with Gasteiger partial charge in [0.1, 0.15) is 0 Å². The van der Waals surface area contributed by atoms with Crippen LogP contribution in [0.5, 0.6) is 28.7 Å². The van der Waals surface area contributed by atoms with Gasteiger partial charge in [-0.15, -0.1) is 0 Å². The smallest absolute Gasteiger partial charge is 0.203 e. The highest BCUT2D eigenvalue weighted by molar-refractivity contribution is 6.04. The topological polar surface area (TPSA) is 101 Å². The number of ether oxygens (including phenoxy) is 5. The van der Waals surface area contributed by atoms with Crippen LogP contribution in [0.2, 0.25) is 0 Å². The zero-order chi connectivity index (χ0) is 26.1. The van der Waals surface area contributed by atoms with Gasteiger partial charge in [-0.1, -0.05) is 12.2 Å². The zero-order valence-corrected chi connectivity index (χ0v) is 21.0. The quantitative estimate of drug-likeness (QED) is 0.162. The van der Waals surface area contributed by atoms with E-state index in [4.69, 9.17) is 29.4 Å². The third-order valence-corrected chi connectivity index (χ3v) is 5.33. The molecule has 8 heteroatoms. The van der Waals surface area contributed by atoms with Crippen LogP contribution in [-0.2, 0) is 0 Å². The summed E-state index contributed by atoms with van der Waals surface area (Å²) in [6.45, 7) is 0. The van der Waals surface area contributed by atoms with Crippen LogP contribution in [0.15, 0.2) is 60.8 Å². The van der Waals surface area contributed by atoms with E-state index in [9.17, 15) is 4.79 Å². The Balaban J connectivity index is 1.89. The van der Waals surface area contributed by atoms with Gasteiger partial charge in [-0.05, 0) is 59.7 Å². The summed E-state index contributed by atoms with van der Waals surface area (Å²) in [4.78, 5) is 12.4. The van der Waals surface area contributed by atoms with Gasteiger partial charge < -0.3 is 34.7 Å². The number of benzene rings is 3. The molecule has 0 atom stereocenters. The molecule has 0 heterocycles. The molecule has 36 heavy (non-hydrogen) atoms. The van der Waals surface area contributed by atoms with Crippen molar-refractivity contribution in [2.45, 2.75) is 0 Å². The maximum Gasteiger partial charge on any atom is 0.203 e. The first-order valence-corrected chi connectivity index (χ1v) is 11.0. The SMILES string of the molecule is COc1cc(C=Cc2cc(OC)c(OC)c(OC)c2)cc(NC=CC(=O)c2ccc(N)cc2)c1OC. The minimum Gasteiger partial charge on any atom is -0.493 e. The number of carbonyl (C=O) groups is 1. The summed E-state index contributed by atoms with van der Waals surface area (Å²) in [5, 5.41) is 3.12. The normalized spacial score (nSPS) is 10.9. The lowest BCUT2D eigenvalue weighted by atomic mass is 10.1. The van der Waals surface area contributed by atoms with Gasteiger partial charge in [0.25, 0.3) is 0 Å². The largest absolute Gasteiger partial charge is 0.493 e. The fourth-order valence-electron chi connectivity index (χ4n) is 3.53. The Bertz CT molecular complexity index is 1240. The van der Waals surface area contributed by atoms with Crippen LogP contribution in [0.1, 0.15) is 21.5 Å². The summed E-state index contributed by atoms with van der Waals surface area (Å²) >= 11 is 0. The molecule has 8 nitrogen and oxygen atoms in total. The average molecular weight is 491 g/mol. The summed E-state index contributed by atoms with van der Waals surface area (Å²) in [6, 6.07) is 14.2. The highest BCUT2D eigenvalue weighted by atomic mass is 16.5. The molecule has 3 aromatic carbocycles. The standard InChI is InChI=1S/C28H30N2O6/c1-32-24-15-18(6-7-19-16-25(33-2)28(36-5)26(17-19)34-3)14-22(27(24)35-4)30-13-12-23(31)20-8-10-21(29)11-9-20/h6-17,30H,29H2,1-5H3. The molecule has 0 aliphatic heterocycles. The van der Waals surface area contributed by atoms with E-state index in [0.29, 0.717) is 45.7 Å². The molecule has 0 spiro atoms. The van der Waals surface area contributed by atoms with E-state index in [1.807, 2.05) is 36.4 Å². The molecular formula is C28H30N2O6. The number of ketones is 1. The van der Waals surface area contributed by atoms with Crippen LogP contribution in [0.4, 0.5) is 11.4 Å². The fourth-order valence-corrected chi connectivity index (χ4v) is 3.53. The molecule has 0 aliphatic rings. The van der Waals surface area contributed by atoms with Crippen molar-refractivity contribution in [1.29, 1.82) is 0 Å². The molecule has 0 amide bonds. The second-order valence-corrected chi connectivity index (χ2v) is 7.56. The van der Waals surface area contributed by atoms with E-state index in [0.717, 1.165) is 11.1 Å². The van der Waals surface area contributed by atoms with E-state index in [-0.39, 0.29) is 5.78 Å². The van der Waals surface area contributed by atoms with Gasteiger partial charge in [0.2, 0.25) is 5.75 Å². The van der Waals surface area contributed by atoms with Gasteiger partial charge >= 0.3 is 0 Å². The number of nitrogens with two attached hydrogens (primary N) is 1. The molecule has 0 saturated heterocycles. The molecule has 0 aliphatic carbocycles. The first-order valence-electron chi connectivity index (χ1n) is 11.0. The van der Waals surface area contributed by atoms with Crippen molar-refractivity contribution < 1.29 is 28.5 Å². The van der Waals surface area contributed by atoms with Crippen molar-refractivity contribution in [3.63, 3.8) is 0 Å². The molecule has 0 saturated carbocycles. The van der Waals surface area contributed by atoms with Crippen LogP contribution in [0, 0.1) is 0 Å². The van der Waals surface area contributed by atoms with E-state index >= 15 is 0 Å². The van der Waals surface area contributed by atoms with Gasteiger partial charge in [-0.25, -0.2) is 0 Å². The highest BCUT2D eigenvalue weighted by Crippen LogP contribution is 2.40. The summed E-state index contributed by atoms with van der Waals surface area (Å²) in [6.07, 6.45) is 6.82. The number of hydrogen-bond acceptors (Lipinski definition) is 8. The van der Waals surface area contributed by atoms with Crippen LogP contribution in [-0.4, -0.2) is 41.3 Å². The predicted molar refractivity (Wildman–Crippen MR) is 143 cm³/mol. The molecule has 0 aromatic heterocycles. The van der Waals surface area contributed by atoms with E-state index < -0.39 is 0 Å². The Kier molecular flexibility index (Phi) is 8.83. The first kappa shape index (κ1) is 26.0. The summed E-state index contributed by atoms with van der Waals surface area (Å²) in [5.41, 5.74) is 9.14. The van der Waals surface area contributed by atoms with Crippen LogP contribution in [0.3, 0.4) is 0 Å². The van der Waals surface area contributed by atoms with Crippen molar-refractivity contribution in [3.8, 4) is 28.7 Å². The number of nitrogen functional groups attached to an aromatic ring is 1. The van der Waals surface area contributed by atoms with Gasteiger partial charge in [0.05, 0.1) is 41.2 Å². The van der Waals surface area contributed by atoms with Crippen LogP contribution >= 0.6 is 0 Å². The second-order valence-electron chi connectivity index (χ2n) is 7.56.